The fourth-order valence-corrected chi connectivity index (χ4v) is 3.77. The van der Waals surface area contributed by atoms with Gasteiger partial charge >= 0.3 is 0 Å². The van der Waals surface area contributed by atoms with Gasteiger partial charge in [-0.3, -0.25) is 9.20 Å². The van der Waals surface area contributed by atoms with E-state index in [0.717, 1.165) is 0 Å². The van der Waals surface area contributed by atoms with Gasteiger partial charge in [0, 0.05) is 30.9 Å². The van der Waals surface area contributed by atoms with Crippen LogP contribution in [0.1, 0.15) is 37.0 Å². The number of hydrogen-bond acceptors (Lipinski definition) is 6. The monoisotopic (exact) mass is 476 g/mol. The lowest BCUT2D eigenvalue weighted by atomic mass is 10.1. The number of nitrogens with one attached hydrogen (secondary N) is 3. The highest BCUT2D eigenvalue weighted by molar-refractivity contribution is 5.95. The molecule has 0 unspecified atom stereocenters. The summed E-state index contributed by atoms with van der Waals surface area (Å²) in [5.41, 5.74) is -0.0889. The van der Waals surface area contributed by atoms with E-state index in [0.29, 0.717) is 43.3 Å². The lowest BCUT2D eigenvalue weighted by Crippen LogP contribution is -2.46. The summed E-state index contributed by atoms with van der Waals surface area (Å²) in [7, 11) is 0. The van der Waals surface area contributed by atoms with Gasteiger partial charge in [0.25, 0.3) is 5.91 Å². The van der Waals surface area contributed by atoms with E-state index in [1.807, 2.05) is 0 Å². The molecule has 0 radical (unpaired) electrons. The molecule has 1 fully saturated rings. The van der Waals surface area contributed by atoms with E-state index in [2.05, 4.69) is 25.9 Å². The minimum atomic E-state index is -1.18. The summed E-state index contributed by atoms with van der Waals surface area (Å²) in [5, 5.41) is 18.3. The number of anilines is 1. The second-order valence-corrected chi connectivity index (χ2v) is 9.01. The highest BCUT2D eigenvalue weighted by Gasteiger charge is 2.27. The van der Waals surface area contributed by atoms with Crippen molar-refractivity contribution in [3.63, 3.8) is 0 Å². The van der Waals surface area contributed by atoms with Crippen molar-refractivity contribution in [3.05, 3.63) is 47.8 Å². The second kappa shape index (κ2) is 9.59. The van der Waals surface area contributed by atoms with Crippen LogP contribution in [0.3, 0.4) is 0 Å². The van der Waals surface area contributed by atoms with E-state index in [1.54, 1.807) is 26.1 Å². The average molecular weight is 477 g/mol. The fourth-order valence-electron chi connectivity index (χ4n) is 3.77. The molecule has 1 aliphatic heterocycles. The smallest absolute Gasteiger partial charge is 0.251 e. The van der Waals surface area contributed by atoms with E-state index >= 15 is 0 Å². The summed E-state index contributed by atoms with van der Waals surface area (Å²) in [5.74, 6) is -2.39. The summed E-state index contributed by atoms with van der Waals surface area (Å²) >= 11 is 0. The van der Waals surface area contributed by atoms with Gasteiger partial charge < -0.3 is 21.1 Å². The third-order valence-corrected chi connectivity index (χ3v) is 5.69. The fraction of sp³-hybridized carbons (Fsp3) is 0.435. The maximum atomic E-state index is 14.7. The van der Waals surface area contributed by atoms with Crippen molar-refractivity contribution in [2.24, 2.45) is 0 Å². The molecular formula is C23H27F3N6O2. The zero-order chi connectivity index (χ0) is 24.5. The van der Waals surface area contributed by atoms with Gasteiger partial charge in [-0.1, -0.05) is 0 Å². The third kappa shape index (κ3) is 5.31. The molecule has 0 bridgehead atoms. The van der Waals surface area contributed by atoms with Gasteiger partial charge in [-0.25, -0.2) is 23.1 Å². The molecule has 4 rings (SSSR count). The molecule has 3 aromatic heterocycles. The predicted molar refractivity (Wildman–Crippen MR) is 121 cm³/mol. The number of aromatic nitrogens is 3. The first-order valence-electron chi connectivity index (χ1n) is 11.1. The van der Waals surface area contributed by atoms with E-state index in [4.69, 9.17) is 0 Å². The lowest BCUT2D eigenvalue weighted by molar-refractivity contribution is 0.0693. The predicted octanol–water partition coefficient (Wildman–Crippen LogP) is 2.68. The van der Waals surface area contributed by atoms with Gasteiger partial charge in [-0.05, 0) is 45.4 Å². The van der Waals surface area contributed by atoms with Gasteiger partial charge in [0.15, 0.2) is 17.5 Å². The molecule has 182 valence electrons. The van der Waals surface area contributed by atoms with Crippen LogP contribution < -0.4 is 16.0 Å². The Bertz CT molecular complexity index is 1190. The molecule has 0 aromatic carbocycles. The van der Waals surface area contributed by atoms with Crippen LogP contribution in [0.5, 0.6) is 0 Å². The highest BCUT2D eigenvalue weighted by Crippen LogP contribution is 2.27. The van der Waals surface area contributed by atoms with E-state index in [1.165, 1.54) is 16.7 Å². The normalized spacial score (nSPS) is 18.8. The summed E-state index contributed by atoms with van der Waals surface area (Å²) in [6.45, 7) is 4.44. The van der Waals surface area contributed by atoms with E-state index in [9.17, 15) is 23.1 Å². The third-order valence-electron chi connectivity index (χ3n) is 5.69. The van der Waals surface area contributed by atoms with Crippen molar-refractivity contribution in [1.82, 2.24) is 25.0 Å². The van der Waals surface area contributed by atoms with Crippen molar-refractivity contribution in [2.75, 3.05) is 25.0 Å². The van der Waals surface area contributed by atoms with Crippen molar-refractivity contribution in [1.29, 1.82) is 0 Å². The second-order valence-electron chi connectivity index (χ2n) is 9.01. The molecule has 8 nitrogen and oxygen atoms in total. The molecular weight excluding hydrogens is 449 g/mol. The zero-order valence-corrected chi connectivity index (χ0v) is 18.9. The summed E-state index contributed by atoms with van der Waals surface area (Å²) in [6.07, 6.45) is 2.41. The number of halogens is 3. The van der Waals surface area contributed by atoms with Gasteiger partial charge in [0.05, 0.1) is 23.5 Å². The number of nitrogens with zero attached hydrogens (tertiary/aromatic N) is 3. The number of carbonyl (C=O) groups excluding carboxylic acids is 1. The van der Waals surface area contributed by atoms with Crippen LogP contribution in [0.2, 0.25) is 0 Å². The quantitative estimate of drug-likeness (QED) is 0.418. The van der Waals surface area contributed by atoms with E-state index in [-0.39, 0.29) is 29.5 Å². The molecule has 0 aliphatic carbocycles. The Balaban J connectivity index is 1.58. The first-order chi connectivity index (χ1) is 16.1. The van der Waals surface area contributed by atoms with Crippen LogP contribution in [0.4, 0.5) is 19.0 Å². The number of carbonyl (C=O) groups is 1. The molecule has 1 amide bonds. The zero-order valence-electron chi connectivity index (χ0n) is 18.9. The number of hydrogen-bond donors (Lipinski definition) is 4. The highest BCUT2D eigenvalue weighted by atomic mass is 19.1. The van der Waals surface area contributed by atoms with E-state index < -0.39 is 29.4 Å². The number of rotatable bonds is 7. The number of pyridine rings is 2. The van der Waals surface area contributed by atoms with Crippen LogP contribution >= 0.6 is 0 Å². The minimum Gasteiger partial charge on any atom is -0.390 e. The number of fused-ring (bicyclic) bond motifs is 1. The molecule has 1 aliphatic rings. The first kappa shape index (κ1) is 24.0. The number of aliphatic hydroxyl groups is 1. The SMILES string of the molecule is CC(C)(O)CCNC(=O)c1ccn2c(-c3nc(N[C@H]4CNCC[C@@H]4F)c(F)cc3F)cnc2c1. The number of amides is 1. The molecule has 34 heavy (non-hydrogen) atoms. The summed E-state index contributed by atoms with van der Waals surface area (Å²) in [6, 6.07) is 3.09. The summed E-state index contributed by atoms with van der Waals surface area (Å²) in [4.78, 5) is 20.7. The maximum Gasteiger partial charge on any atom is 0.251 e. The van der Waals surface area contributed by atoms with Crippen LogP contribution in [0.25, 0.3) is 17.0 Å². The summed E-state index contributed by atoms with van der Waals surface area (Å²) < 4.78 is 44.8. The maximum absolute atomic E-state index is 14.7. The lowest BCUT2D eigenvalue weighted by Gasteiger charge is -2.28. The number of imidazole rings is 1. The Hall–Kier alpha value is -3.18. The van der Waals surface area contributed by atoms with Gasteiger partial charge in [-0.2, -0.15) is 0 Å². The van der Waals surface area contributed by atoms with Crippen molar-refractivity contribution < 1.29 is 23.1 Å². The molecule has 2 atom stereocenters. The van der Waals surface area contributed by atoms with Crippen molar-refractivity contribution >= 4 is 17.4 Å². The molecule has 3 aromatic rings. The number of piperidine rings is 1. The van der Waals surface area contributed by atoms with Crippen LogP contribution in [0, 0.1) is 11.6 Å². The van der Waals surface area contributed by atoms with Crippen molar-refractivity contribution in [2.45, 2.75) is 44.5 Å². The van der Waals surface area contributed by atoms with Crippen LogP contribution in [-0.4, -0.2) is 62.8 Å². The van der Waals surface area contributed by atoms with Gasteiger partial charge in [-0.15, -0.1) is 0 Å². The first-order valence-corrected chi connectivity index (χ1v) is 11.1. The Morgan fingerprint density at radius 1 is 1.32 bits per heavy atom. The molecule has 0 spiro atoms. The molecule has 11 heteroatoms. The van der Waals surface area contributed by atoms with Gasteiger partial charge in [0.1, 0.15) is 17.5 Å². The van der Waals surface area contributed by atoms with Crippen LogP contribution in [-0.2, 0) is 0 Å². The van der Waals surface area contributed by atoms with Crippen molar-refractivity contribution in [3.8, 4) is 11.4 Å². The standard InChI is InChI=1S/C23H27F3N6O2/c1-23(2,34)5-7-28-22(33)13-4-8-32-18(12-29-19(32)9-13)20-15(25)10-16(26)21(31-20)30-17-11-27-6-3-14(17)24/h4,8-10,12,14,17,27,34H,3,5-7,11H2,1-2H3,(H,28,33)(H,30,31)/t14-,17-/m0/s1. The van der Waals surface area contributed by atoms with Gasteiger partial charge in [0.2, 0.25) is 0 Å². The Morgan fingerprint density at radius 3 is 2.85 bits per heavy atom. The Labute approximate surface area is 194 Å². The number of alkyl halides is 1. The largest absolute Gasteiger partial charge is 0.390 e. The topological polar surface area (TPSA) is 104 Å². The average Bonchev–Trinajstić information content (AvgIpc) is 3.19. The van der Waals surface area contributed by atoms with Crippen LogP contribution in [0.15, 0.2) is 30.6 Å². The Morgan fingerprint density at radius 2 is 2.12 bits per heavy atom. The molecule has 4 N–H and O–H groups in total. The molecule has 4 heterocycles. The molecule has 1 saturated heterocycles. The molecule has 0 saturated carbocycles. The Kier molecular flexibility index (Phi) is 6.76. The minimum absolute atomic E-state index is 0.155.